The van der Waals surface area contributed by atoms with E-state index in [1.807, 2.05) is 30.3 Å². The lowest BCUT2D eigenvalue weighted by atomic mass is 9.81. The van der Waals surface area contributed by atoms with Crippen LogP contribution in [0.1, 0.15) is 45.4 Å². The van der Waals surface area contributed by atoms with Crippen molar-refractivity contribution in [2.24, 2.45) is 5.92 Å². The number of para-hydroxylation sites is 1. The van der Waals surface area contributed by atoms with E-state index in [0.717, 1.165) is 42.3 Å². The van der Waals surface area contributed by atoms with Gasteiger partial charge in [0.05, 0.1) is 6.04 Å². The van der Waals surface area contributed by atoms with Crippen LogP contribution in [0.25, 0.3) is 10.9 Å². The average Bonchev–Trinajstić information content (AvgIpc) is 2.71. The van der Waals surface area contributed by atoms with Crippen LogP contribution < -0.4 is 15.4 Å². The number of nitrogens with one attached hydrogen (secondary N) is 2. The van der Waals surface area contributed by atoms with Crippen LogP contribution in [-0.2, 0) is 4.79 Å². The second-order valence-corrected chi connectivity index (χ2v) is 8.59. The van der Waals surface area contributed by atoms with E-state index in [-0.39, 0.29) is 30.0 Å². The van der Waals surface area contributed by atoms with Crippen molar-refractivity contribution < 1.29 is 18.3 Å². The van der Waals surface area contributed by atoms with E-state index in [4.69, 9.17) is 4.74 Å². The summed E-state index contributed by atoms with van der Waals surface area (Å²) in [4.78, 5) is 17.0. The Labute approximate surface area is 175 Å². The number of fused-ring (bicyclic) bond motifs is 1. The zero-order valence-corrected chi connectivity index (χ0v) is 17.2. The van der Waals surface area contributed by atoms with Gasteiger partial charge in [0, 0.05) is 29.6 Å². The van der Waals surface area contributed by atoms with Crippen LogP contribution in [0.3, 0.4) is 0 Å². The van der Waals surface area contributed by atoms with Gasteiger partial charge in [-0.15, -0.1) is 0 Å². The number of amides is 1. The monoisotopic (exact) mass is 417 g/mol. The lowest BCUT2D eigenvalue weighted by Crippen LogP contribution is -2.49. The summed E-state index contributed by atoms with van der Waals surface area (Å²) < 4.78 is 31.5. The van der Waals surface area contributed by atoms with Gasteiger partial charge in [-0.3, -0.25) is 9.78 Å². The van der Waals surface area contributed by atoms with Gasteiger partial charge in [0.1, 0.15) is 17.4 Å². The highest BCUT2D eigenvalue weighted by atomic mass is 19.3. The van der Waals surface area contributed by atoms with Crippen LogP contribution in [0, 0.1) is 5.92 Å². The number of halogens is 2. The van der Waals surface area contributed by atoms with Crippen molar-refractivity contribution in [1.82, 2.24) is 15.6 Å². The number of aromatic nitrogens is 1. The number of benzene rings is 1. The maximum absolute atomic E-state index is 12.7. The van der Waals surface area contributed by atoms with Gasteiger partial charge in [-0.2, -0.15) is 0 Å². The summed E-state index contributed by atoms with van der Waals surface area (Å²) >= 11 is 0. The number of hydrogen-bond donors (Lipinski definition) is 2. The molecule has 0 saturated heterocycles. The molecule has 1 aromatic heterocycles. The Balaban J connectivity index is 1.20. The Morgan fingerprint density at radius 1 is 1.10 bits per heavy atom. The van der Waals surface area contributed by atoms with Crippen molar-refractivity contribution in [3.8, 4) is 5.75 Å². The summed E-state index contributed by atoms with van der Waals surface area (Å²) in [6.07, 6.45) is 4.13. The van der Waals surface area contributed by atoms with Crippen molar-refractivity contribution in [1.29, 1.82) is 0 Å². The molecule has 2 N–H and O–H groups in total. The van der Waals surface area contributed by atoms with E-state index < -0.39 is 12.5 Å². The van der Waals surface area contributed by atoms with E-state index in [0.29, 0.717) is 12.8 Å². The Bertz CT molecular complexity index is 859. The quantitative estimate of drug-likeness (QED) is 0.713. The van der Waals surface area contributed by atoms with Crippen LogP contribution in [0.5, 0.6) is 5.75 Å². The van der Waals surface area contributed by atoms with Crippen molar-refractivity contribution in [2.75, 3.05) is 0 Å². The van der Waals surface area contributed by atoms with Crippen LogP contribution in [-0.4, -0.2) is 41.5 Å². The van der Waals surface area contributed by atoms with Crippen LogP contribution >= 0.6 is 0 Å². The lowest BCUT2D eigenvalue weighted by molar-refractivity contribution is -0.131. The summed E-state index contributed by atoms with van der Waals surface area (Å²) in [6.45, 7) is 1.52. The van der Waals surface area contributed by atoms with Gasteiger partial charge >= 0.3 is 0 Å². The summed E-state index contributed by atoms with van der Waals surface area (Å²) in [7, 11) is 0. The van der Waals surface area contributed by atoms with E-state index in [9.17, 15) is 13.6 Å². The third-order valence-electron chi connectivity index (χ3n) is 6.31. The largest absolute Gasteiger partial charge is 0.488 e. The second-order valence-electron chi connectivity index (χ2n) is 8.59. The number of rotatable bonds is 7. The summed E-state index contributed by atoms with van der Waals surface area (Å²) in [5.74, 6) is 0.830. The van der Waals surface area contributed by atoms with Gasteiger partial charge in [0.25, 0.3) is 6.43 Å². The second kappa shape index (κ2) is 9.25. The smallest absolute Gasteiger partial charge is 0.253 e. The van der Waals surface area contributed by atoms with Crippen LogP contribution in [0.15, 0.2) is 36.5 Å². The van der Waals surface area contributed by atoms with Gasteiger partial charge in [0.2, 0.25) is 5.91 Å². The first-order valence-electron chi connectivity index (χ1n) is 10.8. The van der Waals surface area contributed by atoms with Crippen molar-refractivity contribution in [3.05, 3.63) is 36.5 Å². The first-order chi connectivity index (χ1) is 14.5. The number of nitrogens with zero attached hydrogens (tertiary/aromatic N) is 1. The molecule has 2 saturated carbocycles. The van der Waals surface area contributed by atoms with E-state index in [1.165, 1.54) is 6.92 Å². The number of pyridine rings is 1. The molecule has 2 aliphatic rings. The summed E-state index contributed by atoms with van der Waals surface area (Å²) in [5, 5.41) is 7.18. The average molecular weight is 418 g/mol. The zero-order valence-electron chi connectivity index (χ0n) is 17.2. The van der Waals surface area contributed by atoms with E-state index >= 15 is 0 Å². The lowest BCUT2D eigenvalue weighted by Gasteiger charge is -2.37. The van der Waals surface area contributed by atoms with Crippen LogP contribution in [0.4, 0.5) is 8.78 Å². The molecule has 7 heteroatoms. The number of carbonyl (C=O) groups excluding carboxylic acids is 1. The molecule has 2 aliphatic carbocycles. The van der Waals surface area contributed by atoms with Crippen LogP contribution in [0.2, 0.25) is 0 Å². The van der Waals surface area contributed by atoms with Gasteiger partial charge in [-0.25, -0.2) is 8.78 Å². The Kier molecular flexibility index (Phi) is 6.46. The fourth-order valence-corrected chi connectivity index (χ4v) is 4.39. The third-order valence-corrected chi connectivity index (χ3v) is 6.31. The first-order valence-corrected chi connectivity index (χ1v) is 10.8. The number of ether oxygens (including phenoxy) is 1. The predicted molar refractivity (Wildman–Crippen MR) is 112 cm³/mol. The van der Waals surface area contributed by atoms with Crippen molar-refractivity contribution >= 4 is 16.8 Å². The highest BCUT2D eigenvalue weighted by Crippen LogP contribution is 2.34. The molecule has 0 aliphatic heterocycles. The molecule has 1 aromatic carbocycles. The minimum atomic E-state index is -2.35. The fourth-order valence-electron chi connectivity index (χ4n) is 4.39. The Morgan fingerprint density at radius 2 is 1.80 bits per heavy atom. The number of alkyl halides is 2. The number of hydrogen-bond acceptors (Lipinski definition) is 4. The predicted octanol–water partition coefficient (Wildman–Crippen LogP) is 4.06. The molecule has 0 spiro atoms. The molecular weight excluding hydrogens is 388 g/mol. The van der Waals surface area contributed by atoms with Gasteiger partial charge in [-0.1, -0.05) is 18.2 Å². The molecule has 0 radical (unpaired) electrons. The fraction of sp³-hybridized carbons (Fsp3) is 0.565. The molecule has 1 unspecified atom stereocenters. The van der Waals surface area contributed by atoms with Crippen molar-refractivity contribution in [2.45, 2.75) is 76.1 Å². The first kappa shape index (κ1) is 21.0. The molecule has 2 fully saturated rings. The molecular formula is C23H29F2N3O2. The SMILES string of the molecule is CC(N[C@H]1CC[C@H](NC(=O)[C@H]2C[C@H](Oc3cccc4cccnc34)C2)CC1)C(F)F. The highest BCUT2D eigenvalue weighted by molar-refractivity contribution is 5.84. The topological polar surface area (TPSA) is 63.2 Å². The Morgan fingerprint density at radius 3 is 2.53 bits per heavy atom. The summed E-state index contributed by atoms with van der Waals surface area (Å²) in [6, 6.07) is 9.25. The maximum Gasteiger partial charge on any atom is 0.253 e. The maximum atomic E-state index is 12.7. The minimum absolute atomic E-state index is 0.0207. The van der Waals surface area contributed by atoms with Gasteiger partial charge in [0.15, 0.2) is 0 Å². The van der Waals surface area contributed by atoms with Crippen molar-refractivity contribution in [3.63, 3.8) is 0 Å². The van der Waals surface area contributed by atoms with E-state index in [2.05, 4.69) is 15.6 Å². The molecule has 2 aromatic rings. The molecule has 0 bridgehead atoms. The molecule has 1 atom stereocenters. The molecule has 5 nitrogen and oxygen atoms in total. The zero-order chi connectivity index (χ0) is 21.1. The molecule has 162 valence electrons. The molecule has 1 amide bonds. The highest BCUT2D eigenvalue weighted by Gasteiger charge is 2.37. The third kappa shape index (κ3) is 4.89. The molecule has 1 heterocycles. The summed E-state index contributed by atoms with van der Waals surface area (Å²) in [5.41, 5.74) is 0.847. The van der Waals surface area contributed by atoms with Gasteiger partial charge in [-0.05, 0) is 57.6 Å². The standard InChI is InChI=1S/C23H29F2N3O2/c1-14(22(24)25)27-17-7-9-18(10-8-17)28-23(29)16-12-19(13-16)30-20-6-2-4-15-5-3-11-26-21(15)20/h2-6,11,14,16-19,22,27H,7-10,12-13H2,1H3,(H,28,29)/t14?,16-,17-,18-,19-. The number of carbonyl (C=O) groups is 1. The minimum Gasteiger partial charge on any atom is -0.488 e. The van der Waals surface area contributed by atoms with Gasteiger partial charge < -0.3 is 15.4 Å². The normalized spacial score (nSPS) is 27.5. The Hall–Kier alpha value is -2.28. The molecule has 4 rings (SSSR count). The molecule has 30 heavy (non-hydrogen) atoms. The van der Waals surface area contributed by atoms with E-state index in [1.54, 1.807) is 6.20 Å².